The molecular formula is C16H28N2S. The molecule has 108 valence electrons. The second kappa shape index (κ2) is 6.85. The predicted molar refractivity (Wildman–Crippen MR) is 83.6 cm³/mol. The SMILES string of the molecule is CCCNC(c1cnc(C)s1)C1CC(C)CC(C)C1. The van der Waals surface area contributed by atoms with Crippen molar-refractivity contribution in [3.63, 3.8) is 0 Å². The topological polar surface area (TPSA) is 24.9 Å². The van der Waals surface area contributed by atoms with Gasteiger partial charge in [-0.05, 0) is 56.9 Å². The van der Waals surface area contributed by atoms with Gasteiger partial charge in [0.1, 0.15) is 0 Å². The van der Waals surface area contributed by atoms with Gasteiger partial charge in [-0.25, -0.2) is 4.98 Å². The van der Waals surface area contributed by atoms with E-state index in [0.717, 1.165) is 24.3 Å². The first-order valence-corrected chi connectivity index (χ1v) is 8.57. The number of aryl methyl sites for hydroxylation is 1. The summed E-state index contributed by atoms with van der Waals surface area (Å²) in [6.45, 7) is 10.3. The van der Waals surface area contributed by atoms with Crippen molar-refractivity contribution in [3.05, 3.63) is 16.1 Å². The minimum atomic E-state index is 0.524. The lowest BCUT2D eigenvalue weighted by atomic mass is 9.73. The molecule has 0 radical (unpaired) electrons. The van der Waals surface area contributed by atoms with E-state index in [1.54, 1.807) is 0 Å². The van der Waals surface area contributed by atoms with Gasteiger partial charge in [-0.15, -0.1) is 11.3 Å². The molecule has 0 saturated heterocycles. The zero-order chi connectivity index (χ0) is 13.8. The molecule has 1 saturated carbocycles. The van der Waals surface area contributed by atoms with E-state index in [0.29, 0.717) is 6.04 Å². The number of thiazole rings is 1. The van der Waals surface area contributed by atoms with Crippen LogP contribution in [0.3, 0.4) is 0 Å². The number of rotatable bonds is 5. The van der Waals surface area contributed by atoms with Crippen molar-refractivity contribution in [2.45, 2.75) is 59.4 Å². The molecule has 0 aliphatic heterocycles. The summed E-state index contributed by atoms with van der Waals surface area (Å²) in [6, 6.07) is 0.524. The van der Waals surface area contributed by atoms with Gasteiger partial charge in [0, 0.05) is 17.1 Å². The summed E-state index contributed by atoms with van der Waals surface area (Å²) in [5.74, 6) is 2.52. The molecule has 1 aliphatic rings. The van der Waals surface area contributed by atoms with Gasteiger partial charge in [0.05, 0.1) is 5.01 Å². The molecule has 0 aromatic carbocycles. The Balaban J connectivity index is 2.12. The van der Waals surface area contributed by atoms with Crippen LogP contribution in [0.25, 0.3) is 0 Å². The molecule has 3 atom stereocenters. The van der Waals surface area contributed by atoms with Crippen LogP contribution in [0.2, 0.25) is 0 Å². The highest BCUT2D eigenvalue weighted by molar-refractivity contribution is 7.11. The molecule has 1 N–H and O–H groups in total. The van der Waals surface area contributed by atoms with Crippen LogP contribution in [0.4, 0.5) is 0 Å². The molecule has 2 nitrogen and oxygen atoms in total. The highest BCUT2D eigenvalue weighted by Crippen LogP contribution is 2.40. The van der Waals surface area contributed by atoms with Gasteiger partial charge >= 0.3 is 0 Å². The van der Waals surface area contributed by atoms with E-state index in [1.165, 1.54) is 35.6 Å². The summed E-state index contributed by atoms with van der Waals surface area (Å²) < 4.78 is 0. The average molecular weight is 280 g/mol. The maximum absolute atomic E-state index is 4.46. The third-order valence-electron chi connectivity index (χ3n) is 4.25. The van der Waals surface area contributed by atoms with E-state index >= 15 is 0 Å². The van der Waals surface area contributed by atoms with Crippen LogP contribution in [-0.2, 0) is 0 Å². The first kappa shape index (κ1) is 15.0. The quantitative estimate of drug-likeness (QED) is 0.855. The third kappa shape index (κ3) is 4.03. The Morgan fingerprint density at radius 1 is 1.32 bits per heavy atom. The molecule has 1 aromatic heterocycles. The zero-order valence-corrected chi connectivity index (χ0v) is 13.6. The fourth-order valence-corrected chi connectivity index (χ4v) is 4.56. The Morgan fingerprint density at radius 2 is 2.00 bits per heavy atom. The lowest BCUT2D eigenvalue weighted by Crippen LogP contribution is -2.33. The van der Waals surface area contributed by atoms with Gasteiger partial charge in [0.15, 0.2) is 0 Å². The van der Waals surface area contributed by atoms with E-state index in [1.807, 2.05) is 11.3 Å². The molecular weight excluding hydrogens is 252 g/mol. The van der Waals surface area contributed by atoms with Crippen molar-refractivity contribution in [2.24, 2.45) is 17.8 Å². The fourth-order valence-electron chi connectivity index (χ4n) is 3.60. The van der Waals surface area contributed by atoms with Crippen molar-refractivity contribution in [2.75, 3.05) is 6.54 Å². The first-order chi connectivity index (χ1) is 9.10. The summed E-state index contributed by atoms with van der Waals surface area (Å²) in [6.07, 6.45) is 7.42. The second-order valence-corrected chi connectivity index (χ2v) is 7.66. The Labute approximate surface area is 122 Å². The molecule has 3 heteroatoms. The van der Waals surface area contributed by atoms with Crippen LogP contribution in [0.1, 0.15) is 62.4 Å². The number of nitrogens with one attached hydrogen (secondary N) is 1. The smallest absolute Gasteiger partial charge is 0.0897 e. The molecule has 1 aromatic rings. The fraction of sp³-hybridized carbons (Fsp3) is 0.812. The number of aromatic nitrogens is 1. The van der Waals surface area contributed by atoms with Crippen LogP contribution in [0.5, 0.6) is 0 Å². The largest absolute Gasteiger partial charge is 0.309 e. The molecule has 0 amide bonds. The van der Waals surface area contributed by atoms with Gasteiger partial charge in [-0.2, -0.15) is 0 Å². The standard InChI is InChI=1S/C16H28N2S/c1-5-6-17-16(15-10-18-13(4)19-15)14-8-11(2)7-12(3)9-14/h10-12,14,16-17H,5-9H2,1-4H3. The van der Waals surface area contributed by atoms with Gasteiger partial charge in [0.25, 0.3) is 0 Å². The number of hydrogen-bond donors (Lipinski definition) is 1. The van der Waals surface area contributed by atoms with Crippen molar-refractivity contribution in [1.29, 1.82) is 0 Å². The lowest BCUT2D eigenvalue weighted by molar-refractivity contribution is 0.178. The average Bonchev–Trinajstić information content (AvgIpc) is 2.75. The van der Waals surface area contributed by atoms with Crippen LogP contribution >= 0.6 is 11.3 Å². The lowest BCUT2D eigenvalue weighted by Gasteiger charge is -2.36. The van der Waals surface area contributed by atoms with Crippen LogP contribution in [0, 0.1) is 24.7 Å². The number of hydrogen-bond acceptors (Lipinski definition) is 3. The summed E-state index contributed by atoms with van der Waals surface area (Å²) in [7, 11) is 0. The maximum Gasteiger partial charge on any atom is 0.0897 e. The second-order valence-electron chi connectivity index (χ2n) is 6.39. The van der Waals surface area contributed by atoms with E-state index in [2.05, 4.69) is 44.2 Å². The van der Waals surface area contributed by atoms with Gasteiger partial charge in [-0.3, -0.25) is 0 Å². The van der Waals surface area contributed by atoms with Crippen molar-refractivity contribution in [3.8, 4) is 0 Å². The van der Waals surface area contributed by atoms with E-state index in [-0.39, 0.29) is 0 Å². The Bertz CT molecular complexity index is 378. The van der Waals surface area contributed by atoms with Crippen molar-refractivity contribution >= 4 is 11.3 Å². The molecule has 1 heterocycles. The van der Waals surface area contributed by atoms with Gasteiger partial charge in [0.2, 0.25) is 0 Å². The minimum Gasteiger partial charge on any atom is -0.309 e. The van der Waals surface area contributed by atoms with E-state index in [4.69, 9.17) is 0 Å². The Kier molecular flexibility index (Phi) is 5.40. The van der Waals surface area contributed by atoms with Crippen LogP contribution in [0.15, 0.2) is 6.20 Å². The molecule has 0 spiro atoms. The summed E-state index contributed by atoms with van der Waals surface area (Å²) in [4.78, 5) is 5.90. The normalized spacial score (nSPS) is 29.4. The predicted octanol–water partition coefficient (Wildman–Crippen LogP) is 4.56. The van der Waals surface area contributed by atoms with Crippen molar-refractivity contribution < 1.29 is 0 Å². The van der Waals surface area contributed by atoms with E-state index < -0.39 is 0 Å². The molecule has 1 aliphatic carbocycles. The Morgan fingerprint density at radius 3 is 2.53 bits per heavy atom. The summed E-state index contributed by atoms with van der Waals surface area (Å²) in [5.41, 5.74) is 0. The highest BCUT2D eigenvalue weighted by Gasteiger charge is 2.31. The first-order valence-electron chi connectivity index (χ1n) is 7.75. The third-order valence-corrected chi connectivity index (χ3v) is 5.24. The van der Waals surface area contributed by atoms with Crippen LogP contribution < -0.4 is 5.32 Å². The monoisotopic (exact) mass is 280 g/mol. The molecule has 0 bridgehead atoms. The molecule has 3 unspecified atom stereocenters. The zero-order valence-electron chi connectivity index (χ0n) is 12.8. The molecule has 19 heavy (non-hydrogen) atoms. The highest BCUT2D eigenvalue weighted by atomic mass is 32.1. The molecule has 2 rings (SSSR count). The van der Waals surface area contributed by atoms with Gasteiger partial charge < -0.3 is 5.32 Å². The van der Waals surface area contributed by atoms with Crippen LogP contribution in [-0.4, -0.2) is 11.5 Å². The minimum absolute atomic E-state index is 0.524. The summed E-state index contributed by atoms with van der Waals surface area (Å²) >= 11 is 1.87. The van der Waals surface area contributed by atoms with Crippen molar-refractivity contribution in [1.82, 2.24) is 10.3 Å². The van der Waals surface area contributed by atoms with E-state index in [9.17, 15) is 0 Å². The number of nitrogens with zero attached hydrogens (tertiary/aromatic N) is 1. The Hall–Kier alpha value is -0.410. The van der Waals surface area contributed by atoms with Gasteiger partial charge in [-0.1, -0.05) is 20.8 Å². The summed E-state index contributed by atoms with van der Waals surface area (Å²) in [5, 5.41) is 4.97. The molecule has 1 fully saturated rings. The maximum atomic E-state index is 4.46.